The van der Waals surface area contributed by atoms with Gasteiger partial charge in [0.2, 0.25) is 0 Å². The van der Waals surface area contributed by atoms with Gasteiger partial charge in [-0.3, -0.25) is 4.79 Å². The third kappa shape index (κ3) is 3.48. The van der Waals surface area contributed by atoms with Gasteiger partial charge in [-0.1, -0.05) is 30.3 Å². The normalized spacial score (nSPS) is 11.6. The van der Waals surface area contributed by atoms with E-state index in [0.29, 0.717) is 11.4 Å². The van der Waals surface area contributed by atoms with Crippen LogP contribution in [-0.2, 0) is 4.79 Å². The number of hydrogen-bond donors (Lipinski definition) is 2. The van der Waals surface area contributed by atoms with E-state index in [0.717, 1.165) is 0 Å². The highest BCUT2D eigenvalue weighted by atomic mass is 16.5. The minimum atomic E-state index is -0.700. The van der Waals surface area contributed by atoms with Crippen molar-refractivity contribution in [2.45, 2.75) is 13.0 Å². The lowest BCUT2D eigenvalue weighted by molar-refractivity contribution is -0.122. The SMILES string of the molecule is CC(Oc1ccccc1O)C(=O)Nc1ccccc1. The number of carbonyl (C=O) groups excluding carboxylic acids is 1. The molecule has 0 aromatic heterocycles. The van der Waals surface area contributed by atoms with Gasteiger partial charge in [0.1, 0.15) is 0 Å². The zero-order valence-electron chi connectivity index (χ0n) is 10.5. The largest absolute Gasteiger partial charge is 0.504 e. The van der Waals surface area contributed by atoms with Gasteiger partial charge in [-0.15, -0.1) is 0 Å². The lowest BCUT2D eigenvalue weighted by Crippen LogP contribution is -2.30. The molecule has 4 heteroatoms. The predicted octanol–water partition coefficient (Wildman–Crippen LogP) is 2.80. The van der Waals surface area contributed by atoms with Crippen LogP contribution < -0.4 is 10.1 Å². The fourth-order valence-electron chi connectivity index (χ4n) is 1.57. The van der Waals surface area contributed by atoms with E-state index in [1.807, 2.05) is 18.2 Å². The number of ether oxygens (including phenoxy) is 1. The molecule has 0 saturated heterocycles. The van der Waals surface area contributed by atoms with Crippen LogP contribution in [0.2, 0.25) is 0 Å². The van der Waals surface area contributed by atoms with Crippen LogP contribution in [0.1, 0.15) is 6.92 Å². The molecule has 0 aliphatic rings. The first-order valence-corrected chi connectivity index (χ1v) is 5.97. The van der Waals surface area contributed by atoms with Crippen molar-refractivity contribution >= 4 is 11.6 Å². The zero-order chi connectivity index (χ0) is 13.7. The van der Waals surface area contributed by atoms with E-state index in [4.69, 9.17) is 4.74 Å². The Morgan fingerprint density at radius 3 is 2.42 bits per heavy atom. The van der Waals surface area contributed by atoms with Crippen LogP contribution in [0.25, 0.3) is 0 Å². The van der Waals surface area contributed by atoms with Gasteiger partial charge in [-0.25, -0.2) is 0 Å². The molecule has 2 rings (SSSR count). The number of phenolic OH excluding ortho intramolecular Hbond substituents is 1. The molecule has 0 fully saturated rings. The van der Waals surface area contributed by atoms with Crippen molar-refractivity contribution < 1.29 is 14.6 Å². The monoisotopic (exact) mass is 257 g/mol. The Kier molecular flexibility index (Phi) is 4.03. The highest BCUT2D eigenvalue weighted by Crippen LogP contribution is 2.25. The number of amides is 1. The molecule has 0 saturated carbocycles. The van der Waals surface area contributed by atoms with Crippen LogP contribution in [0.4, 0.5) is 5.69 Å². The minimum Gasteiger partial charge on any atom is -0.504 e. The molecule has 2 aromatic carbocycles. The molecule has 19 heavy (non-hydrogen) atoms. The van der Waals surface area contributed by atoms with E-state index in [1.165, 1.54) is 6.07 Å². The fourth-order valence-corrected chi connectivity index (χ4v) is 1.57. The highest BCUT2D eigenvalue weighted by Gasteiger charge is 2.16. The summed E-state index contributed by atoms with van der Waals surface area (Å²) >= 11 is 0. The summed E-state index contributed by atoms with van der Waals surface area (Å²) in [5.41, 5.74) is 0.709. The number of benzene rings is 2. The first-order valence-electron chi connectivity index (χ1n) is 5.97. The molecule has 4 nitrogen and oxygen atoms in total. The third-order valence-corrected chi connectivity index (χ3v) is 2.58. The van der Waals surface area contributed by atoms with Gasteiger partial charge in [-0.05, 0) is 31.2 Å². The molecular weight excluding hydrogens is 242 g/mol. The number of rotatable bonds is 4. The maximum atomic E-state index is 11.9. The van der Waals surface area contributed by atoms with Gasteiger partial charge in [0.15, 0.2) is 17.6 Å². The van der Waals surface area contributed by atoms with Crippen molar-refractivity contribution in [1.29, 1.82) is 0 Å². The van der Waals surface area contributed by atoms with Gasteiger partial charge < -0.3 is 15.2 Å². The Morgan fingerprint density at radius 2 is 1.74 bits per heavy atom. The van der Waals surface area contributed by atoms with Crippen molar-refractivity contribution in [1.82, 2.24) is 0 Å². The molecule has 0 heterocycles. The van der Waals surface area contributed by atoms with Crippen LogP contribution in [0, 0.1) is 0 Å². The lowest BCUT2D eigenvalue weighted by Gasteiger charge is -2.15. The van der Waals surface area contributed by atoms with Gasteiger partial charge in [0.05, 0.1) is 0 Å². The standard InChI is InChI=1S/C15H15NO3/c1-11(19-14-10-6-5-9-13(14)17)15(18)16-12-7-3-2-4-8-12/h2-11,17H,1H3,(H,16,18). The highest BCUT2D eigenvalue weighted by molar-refractivity contribution is 5.94. The Labute approximate surface area is 111 Å². The smallest absolute Gasteiger partial charge is 0.265 e. The molecule has 98 valence electrons. The predicted molar refractivity (Wildman–Crippen MR) is 73.3 cm³/mol. The first kappa shape index (κ1) is 13.0. The quantitative estimate of drug-likeness (QED) is 0.885. The molecule has 1 amide bonds. The van der Waals surface area contributed by atoms with Gasteiger partial charge >= 0.3 is 0 Å². The van der Waals surface area contributed by atoms with E-state index in [9.17, 15) is 9.90 Å². The first-order chi connectivity index (χ1) is 9.16. The van der Waals surface area contributed by atoms with Gasteiger partial charge in [0.25, 0.3) is 5.91 Å². The molecule has 0 spiro atoms. The average molecular weight is 257 g/mol. The molecule has 2 aromatic rings. The van der Waals surface area contributed by atoms with Crippen LogP contribution >= 0.6 is 0 Å². The maximum Gasteiger partial charge on any atom is 0.265 e. The summed E-state index contributed by atoms with van der Waals surface area (Å²) in [5.74, 6) is 0.0366. The van der Waals surface area contributed by atoms with Crippen molar-refractivity contribution in [3.8, 4) is 11.5 Å². The second kappa shape index (κ2) is 5.91. The summed E-state index contributed by atoms with van der Waals surface area (Å²) in [5, 5.41) is 12.3. The van der Waals surface area contributed by atoms with Crippen LogP contribution in [0.5, 0.6) is 11.5 Å². The molecule has 0 radical (unpaired) electrons. The summed E-state index contributed by atoms with van der Waals surface area (Å²) in [4.78, 5) is 11.9. The van der Waals surface area contributed by atoms with E-state index in [1.54, 1.807) is 37.3 Å². The Bertz CT molecular complexity index is 554. The molecule has 0 aliphatic heterocycles. The Hall–Kier alpha value is -2.49. The summed E-state index contributed by atoms with van der Waals surface area (Å²) in [6.07, 6.45) is -0.700. The van der Waals surface area contributed by atoms with Crippen LogP contribution in [-0.4, -0.2) is 17.1 Å². The molecule has 2 N–H and O–H groups in total. The number of para-hydroxylation sites is 3. The topological polar surface area (TPSA) is 58.6 Å². The second-order valence-electron chi connectivity index (χ2n) is 4.08. The van der Waals surface area contributed by atoms with Crippen molar-refractivity contribution in [3.05, 3.63) is 54.6 Å². The maximum absolute atomic E-state index is 11.9. The number of phenols is 1. The Morgan fingerprint density at radius 1 is 1.11 bits per heavy atom. The van der Waals surface area contributed by atoms with Crippen LogP contribution in [0.3, 0.4) is 0 Å². The van der Waals surface area contributed by atoms with E-state index in [2.05, 4.69) is 5.32 Å². The third-order valence-electron chi connectivity index (χ3n) is 2.58. The van der Waals surface area contributed by atoms with E-state index < -0.39 is 6.10 Å². The van der Waals surface area contributed by atoms with E-state index in [-0.39, 0.29) is 11.7 Å². The van der Waals surface area contributed by atoms with E-state index >= 15 is 0 Å². The fraction of sp³-hybridized carbons (Fsp3) is 0.133. The zero-order valence-corrected chi connectivity index (χ0v) is 10.5. The second-order valence-corrected chi connectivity index (χ2v) is 4.08. The summed E-state index contributed by atoms with van der Waals surface area (Å²) in [6.45, 7) is 1.63. The Balaban J connectivity index is 1.98. The molecule has 1 atom stereocenters. The number of nitrogens with one attached hydrogen (secondary N) is 1. The minimum absolute atomic E-state index is 0.0156. The van der Waals surface area contributed by atoms with Gasteiger partial charge in [0, 0.05) is 5.69 Å². The van der Waals surface area contributed by atoms with Gasteiger partial charge in [-0.2, -0.15) is 0 Å². The summed E-state index contributed by atoms with van der Waals surface area (Å²) < 4.78 is 5.42. The molecule has 0 bridgehead atoms. The van der Waals surface area contributed by atoms with Crippen LogP contribution in [0.15, 0.2) is 54.6 Å². The molecule has 1 unspecified atom stereocenters. The summed E-state index contributed by atoms with van der Waals surface area (Å²) in [6, 6.07) is 15.7. The molecule has 0 aliphatic carbocycles. The van der Waals surface area contributed by atoms with Crippen molar-refractivity contribution in [3.63, 3.8) is 0 Å². The number of hydrogen-bond acceptors (Lipinski definition) is 3. The number of aromatic hydroxyl groups is 1. The molecular formula is C15H15NO3. The number of anilines is 1. The average Bonchev–Trinajstić information content (AvgIpc) is 2.42. The summed E-state index contributed by atoms with van der Waals surface area (Å²) in [7, 11) is 0. The lowest BCUT2D eigenvalue weighted by atomic mass is 10.3. The van der Waals surface area contributed by atoms with Crippen molar-refractivity contribution in [2.75, 3.05) is 5.32 Å². The number of carbonyl (C=O) groups is 1. The van der Waals surface area contributed by atoms with Crippen molar-refractivity contribution in [2.24, 2.45) is 0 Å².